The van der Waals surface area contributed by atoms with Crippen LogP contribution in [-0.4, -0.2) is 38.5 Å². The molecule has 4 heteroatoms. The third-order valence-corrected chi connectivity index (χ3v) is 3.48. The summed E-state index contributed by atoms with van der Waals surface area (Å²) in [5.41, 5.74) is -0.422. The Morgan fingerprint density at radius 2 is 2.06 bits per heavy atom. The average Bonchev–Trinajstić information content (AvgIpc) is 3.18. The van der Waals surface area contributed by atoms with Crippen LogP contribution in [0.1, 0.15) is 32.1 Å². The van der Waals surface area contributed by atoms with E-state index in [9.17, 15) is 5.26 Å². The molecule has 2 aliphatic carbocycles. The molecule has 0 bridgehead atoms. The van der Waals surface area contributed by atoms with Crippen molar-refractivity contribution in [2.75, 3.05) is 26.9 Å². The monoisotopic (exact) mass is 238 g/mol. The van der Waals surface area contributed by atoms with E-state index in [4.69, 9.17) is 9.47 Å². The Kier molecular flexibility index (Phi) is 4.38. The predicted octanol–water partition coefficient (Wildman–Crippen LogP) is 1.46. The standard InChI is InChI=1S/C13H22N2O2/c1-16-7-2-8-17-10-13(9-14,11-3-4-11)15-12-5-6-12/h11-12,15H,2-8,10H2,1H3. The minimum Gasteiger partial charge on any atom is -0.385 e. The number of ether oxygens (including phenoxy) is 2. The van der Waals surface area contributed by atoms with E-state index in [1.807, 2.05) is 0 Å². The van der Waals surface area contributed by atoms with Crippen molar-refractivity contribution in [1.29, 1.82) is 5.26 Å². The van der Waals surface area contributed by atoms with Crippen LogP contribution in [0.5, 0.6) is 0 Å². The van der Waals surface area contributed by atoms with Crippen molar-refractivity contribution >= 4 is 0 Å². The number of methoxy groups -OCH3 is 1. The van der Waals surface area contributed by atoms with Gasteiger partial charge in [-0.25, -0.2) is 0 Å². The van der Waals surface area contributed by atoms with Gasteiger partial charge in [-0.05, 0) is 38.0 Å². The fraction of sp³-hybridized carbons (Fsp3) is 0.923. The maximum absolute atomic E-state index is 9.45. The van der Waals surface area contributed by atoms with Gasteiger partial charge in [0.25, 0.3) is 0 Å². The van der Waals surface area contributed by atoms with Crippen LogP contribution >= 0.6 is 0 Å². The van der Waals surface area contributed by atoms with Gasteiger partial charge in [-0.1, -0.05) is 0 Å². The van der Waals surface area contributed by atoms with Crippen LogP contribution in [-0.2, 0) is 9.47 Å². The van der Waals surface area contributed by atoms with Gasteiger partial charge < -0.3 is 9.47 Å². The molecule has 0 aliphatic heterocycles. The fourth-order valence-electron chi connectivity index (χ4n) is 2.14. The first-order valence-electron chi connectivity index (χ1n) is 6.56. The van der Waals surface area contributed by atoms with Gasteiger partial charge in [-0.2, -0.15) is 5.26 Å². The summed E-state index contributed by atoms with van der Waals surface area (Å²) < 4.78 is 10.6. The molecule has 2 fully saturated rings. The normalized spacial score (nSPS) is 23.1. The molecule has 0 spiro atoms. The van der Waals surface area contributed by atoms with Crippen molar-refractivity contribution in [3.8, 4) is 6.07 Å². The molecule has 0 amide bonds. The molecule has 1 N–H and O–H groups in total. The molecule has 4 nitrogen and oxygen atoms in total. The van der Waals surface area contributed by atoms with E-state index in [0.29, 0.717) is 25.2 Å². The summed E-state index contributed by atoms with van der Waals surface area (Å²) in [6.45, 7) is 1.92. The van der Waals surface area contributed by atoms with Crippen molar-refractivity contribution in [3.05, 3.63) is 0 Å². The zero-order chi connectivity index (χ0) is 12.1. The Balaban J connectivity index is 1.76. The van der Waals surface area contributed by atoms with Crippen LogP contribution < -0.4 is 5.32 Å². The smallest absolute Gasteiger partial charge is 0.133 e. The van der Waals surface area contributed by atoms with Crippen LogP contribution in [0.3, 0.4) is 0 Å². The third-order valence-electron chi connectivity index (χ3n) is 3.48. The molecule has 0 saturated heterocycles. The van der Waals surface area contributed by atoms with Crippen molar-refractivity contribution in [1.82, 2.24) is 5.32 Å². The van der Waals surface area contributed by atoms with Crippen LogP contribution in [0.4, 0.5) is 0 Å². The van der Waals surface area contributed by atoms with Crippen LogP contribution in [0.15, 0.2) is 0 Å². The maximum atomic E-state index is 9.45. The van der Waals surface area contributed by atoms with Crippen LogP contribution in [0.2, 0.25) is 0 Å². The molecule has 96 valence electrons. The number of nitrogens with zero attached hydrogens (tertiary/aromatic N) is 1. The molecule has 17 heavy (non-hydrogen) atoms. The van der Waals surface area contributed by atoms with Gasteiger partial charge in [0.15, 0.2) is 0 Å². The van der Waals surface area contributed by atoms with E-state index in [1.165, 1.54) is 12.8 Å². The van der Waals surface area contributed by atoms with Crippen molar-refractivity contribution in [2.24, 2.45) is 5.92 Å². The summed E-state index contributed by atoms with van der Waals surface area (Å²) in [6.07, 6.45) is 5.63. The maximum Gasteiger partial charge on any atom is 0.133 e. The highest BCUT2D eigenvalue weighted by molar-refractivity contribution is 5.17. The number of nitrogens with one attached hydrogen (secondary N) is 1. The Bertz CT molecular complexity index is 282. The summed E-state index contributed by atoms with van der Waals surface area (Å²) in [5.74, 6) is 0.496. The molecule has 0 radical (unpaired) electrons. The van der Waals surface area contributed by atoms with Crippen LogP contribution in [0, 0.1) is 17.2 Å². The first-order valence-corrected chi connectivity index (χ1v) is 6.56. The van der Waals surface area contributed by atoms with Crippen LogP contribution in [0.25, 0.3) is 0 Å². The van der Waals surface area contributed by atoms with E-state index < -0.39 is 5.54 Å². The number of hydrogen-bond acceptors (Lipinski definition) is 4. The van der Waals surface area contributed by atoms with Gasteiger partial charge in [-0.15, -0.1) is 0 Å². The lowest BCUT2D eigenvalue weighted by atomic mass is 9.96. The number of rotatable bonds is 9. The summed E-state index contributed by atoms with van der Waals surface area (Å²) >= 11 is 0. The second-order valence-corrected chi connectivity index (χ2v) is 5.17. The quantitative estimate of drug-likeness (QED) is 0.618. The summed E-state index contributed by atoms with van der Waals surface area (Å²) in [7, 11) is 1.69. The lowest BCUT2D eigenvalue weighted by Crippen LogP contribution is -2.51. The van der Waals surface area contributed by atoms with Gasteiger partial charge in [-0.3, -0.25) is 5.32 Å². The highest BCUT2D eigenvalue weighted by Crippen LogP contribution is 2.41. The second kappa shape index (κ2) is 5.81. The fourth-order valence-corrected chi connectivity index (χ4v) is 2.14. The highest BCUT2D eigenvalue weighted by Gasteiger charge is 2.48. The minimum atomic E-state index is -0.422. The van der Waals surface area contributed by atoms with Gasteiger partial charge in [0.2, 0.25) is 0 Å². The molecule has 1 unspecified atom stereocenters. The molecular weight excluding hydrogens is 216 g/mol. The van der Waals surface area contributed by atoms with Crippen molar-refractivity contribution < 1.29 is 9.47 Å². The van der Waals surface area contributed by atoms with Gasteiger partial charge in [0.1, 0.15) is 5.54 Å². The molecule has 0 aromatic heterocycles. The van der Waals surface area contributed by atoms with Crippen molar-refractivity contribution in [3.63, 3.8) is 0 Å². The van der Waals surface area contributed by atoms with E-state index in [0.717, 1.165) is 25.9 Å². The summed E-state index contributed by atoms with van der Waals surface area (Å²) in [6, 6.07) is 3.03. The number of nitriles is 1. The molecule has 1 atom stereocenters. The van der Waals surface area contributed by atoms with Gasteiger partial charge >= 0.3 is 0 Å². The largest absolute Gasteiger partial charge is 0.385 e. The Morgan fingerprint density at radius 1 is 1.29 bits per heavy atom. The Hall–Kier alpha value is -0.630. The second-order valence-electron chi connectivity index (χ2n) is 5.17. The highest BCUT2D eigenvalue weighted by atomic mass is 16.5. The summed E-state index contributed by atoms with van der Waals surface area (Å²) in [5, 5.41) is 12.9. The molecule has 2 rings (SSSR count). The van der Waals surface area contributed by atoms with Gasteiger partial charge in [0, 0.05) is 26.4 Å². The lowest BCUT2D eigenvalue weighted by molar-refractivity contribution is 0.0640. The lowest BCUT2D eigenvalue weighted by Gasteiger charge is -2.28. The topological polar surface area (TPSA) is 54.3 Å². The third kappa shape index (κ3) is 3.67. The molecular formula is C13H22N2O2. The molecule has 0 aromatic rings. The minimum absolute atomic E-state index is 0.422. The molecule has 2 aliphatic rings. The first kappa shape index (κ1) is 12.8. The number of hydrogen-bond donors (Lipinski definition) is 1. The van der Waals surface area contributed by atoms with Gasteiger partial charge in [0.05, 0.1) is 12.7 Å². The first-order chi connectivity index (χ1) is 8.30. The predicted molar refractivity (Wildman–Crippen MR) is 64.5 cm³/mol. The summed E-state index contributed by atoms with van der Waals surface area (Å²) in [4.78, 5) is 0. The van der Waals surface area contributed by atoms with Crippen molar-refractivity contribution in [2.45, 2.75) is 43.7 Å². The Morgan fingerprint density at radius 3 is 2.59 bits per heavy atom. The van der Waals surface area contributed by atoms with E-state index in [2.05, 4.69) is 11.4 Å². The average molecular weight is 238 g/mol. The molecule has 2 saturated carbocycles. The Labute approximate surface area is 103 Å². The van der Waals surface area contributed by atoms with E-state index in [1.54, 1.807) is 7.11 Å². The van der Waals surface area contributed by atoms with E-state index >= 15 is 0 Å². The molecule has 0 aromatic carbocycles. The van der Waals surface area contributed by atoms with E-state index in [-0.39, 0.29) is 0 Å². The zero-order valence-corrected chi connectivity index (χ0v) is 10.6. The SMILES string of the molecule is COCCCOCC(C#N)(NC1CC1)C1CC1. The zero-order valence-electron chi connectivity index (χ0n) is 10.6. The molecule has 0 heterocycles.